The maximum absolute atomic E-state index is 13.6. The van der Waals surface area contributed by atoms with Crippen molar-refractivity contribution >= 4 is 11.6 Å². The molecule has 1 amide bonds. The third kappa shape index (κ3) is 4.22. The van der Waals surface area contributed by atoms with Gasteiger partial charge in [0.2, 0.25) is 5.91 Å². The van der Waals surface area contributed by atoms with Crippen LogP contribution in [0.2, 0.25) is 0 Å². The van der Waals surface area contributed by atoms with Crippen molar-refractivity contribution in [2.75, 3.05) is 25.0 Å². The molecule has 0 saturated heterocycles. The number of nitrogens with one attached hydrogen (secondary N) is 1. The van der Waals surface area contributed by atoms with Gasteiger partial charge in [0, 0.05) is 13.6 Å². The van der Waals surface area contributed by atoms with Crippen LogP contribution in [0.15, 0.2) is 24.3 Å². The summed E-state index contributed by atoms with van der Waals surface area (Å²) in [5, 5.41) is 2.97. The predicted molar refractivity (Wildman–Crippen MR) is 79.3 cm³/mol. The van der Waals surface area contributed by atoms with Crippen molar-refractivity contribution in [1.82, 2.24) is 5.32 Å². The summed E-state index contributed by atoms with van der Waals surface area (Å²) < 4.78 is 13.6. The summed E-state index contributed by atoms with van der Waals surface area (Å²) in [6, 6.07) is 6.51. The molecule has 1 aliphatic rings. The topological polar surface area (TPSA) is 32.3 Å². The minimum atomic E-state index is -0.296. The number of amides is 1. The first-order valence-electron chi connectivity index (χ1n) is 7.39. The van der Waals surface area contributed by atoms with E-state index in [1.165, 1.54) is 38.2 Å². The number of nitrogens with zero attached hydrogens (tertiary/aromatic N) is 1. The van der Waals surface area contributed by atoms with Crippen LogP contribution in [0.4, 0.5) is 10.1 Å². The fourth-order valence-electron chi connectivity index (χ4n) is 2.77. The highest BCUT2D eigenvalue weighted by atomic mass is 19.1. The Morgan fingerprint density at radius 2 is 2.00 bits per heavy atom. The molecule has 20 heavy (non-hydrogen) atoms. The number of carbonyl (C=O) groups excluding carboxylic acids is 1. The maximum Gasteiger partial charge on any atom is 0.239 e. The maximum atomic E-state index is 13.6. The molecule has 4 heteroatoms. The van der Waals surface area contributed by atoms with E-state index < -0.39 is 0 Å². The zero-order valence-electron chi connectivity index (χ0n) is 12.1. The van der Waals surface area contributed by atoms with E-state index in [2.05, 4.69) is 5.32 Å². The Kier molecular flexibility index (Phi) is 5.39. The number of halogens is 1. The number of para-hydroxylation sites is 1. The molecular weight excluding hydrogens is 255 g/mol. The lowest BCUT2D eigenvalue weighted by molar-refractivity contribution is -0.119. The zero-order valence-corrected chi connectivity index (χ0v) is 12.1. The normalized spacial score (nSPS) is 15.9. The van der Waals surface area contributed by atoms with Crippen molar-refractivity contribution < 1.29 is 9.18 Å². The smallest absolute Gasteiger partial charge is 0.239 e. The highest BCUT2D eigenvalue weighted by Gasteiger charge is 2.15. The van der Waals surface area contributed by atoms with Gasteiger partial charge in [0.15, 0.2) is 0 Å². The van der Waals surface area contributed by atoms with E-state index in [-0.39, 0.29) is 18.3 Å². The van der Waals surface area contributed by atoms with Crippen molar-refractivity contribution in [3.05, 3.63) is 30.1 Å². The molecule has 0 atom stereocenters. The van der Waals surface area contributed by atoms with Gasteiger partial charge in [0.25, 0.3) is 0 Å². The SMILES string of the molecule is CN(CC(=O)NCC1CCCCC1)c1ccccc1F. The Morgan fingerprint density at radius 1 is 1.30 bits per heavy atom. The Bertz CT molecular complexity index is 444. The molecule has 3 nitrogen and oxygen atoms in total. The van der Waals surface area contributed by atoms with Gasteiger partial charge in [-0.05, 0) is 30.9 Å². The highest BCUT2D eigenvalue weighted by Crippen LogP contribution is 2.22. The average Bonchev–Trinajstić information content (AvgIpc) is 2.46. The van der Waals surface area contributed by atoms with Crippen LogP contribution in [0.3, 0.4) is 0 Å². The largest absolute Gasteiger partial charge is 0.363 e. The monoisotopic (exact) mass is 278 g/mol. The van der Waals surface area contributed by atoms with E-state index in [1.54, 1.807) is 30.1 Å². The molecule has 0 spiro atoms. The molecule has 110 valence electrons. The summed E-state index contributed by atoms with van der Waals surface area (Å²) in [6.07, 6.45) is 6.29. The molecule has 2 rings (SSSR count). The number of hydrogen-bond acceptors (Lipinski definition) is 2. The number of anilines is 1. The van der Waals surface area contributed by atoms with Crippen LogP contribution in [-0.2, 0) is 4.79 Å². The molecule has 0 radical (unpaired) electrons. The third-order valence-corrected chi connectivity index (χ3v) is 3.96. The van der Waals surface area contributed by atoms with E-state index in [4.69, 9.17) is 0 Å². The second-order valence-electron chi connectivity index (χ2n) is 5.62. The van der Waals surface area contributed by atoms with E-state index >= 15 is 0 Å². The number of rotatable bonds is 5. The molecule has 1 aliphatic carbocycles. The molecule has 1 aromatic carbocycles. The third-order valence-electron chi connectivity index (χ3n) is 3.96. The minimum Gasteiger partial charge on any atom is -0.363 e. The number of hydrogen-bond donors (Lipinski definition) is 1. The van der Waals surface area contributed by atoms with Crippen LogP contribution in [0.25, 0.3) is 0 Å². The number of carbonyl (C=O) groups is 1. The van der Waals surface area contributed by atoms with E-state index in [9.17, 15) is 9.18 Å². The minimum absolute atomic E-state index is 0.0404. The first-order chi connectivity index (χ1) is 9.66. The number of benzene rings is 1. The van der Waals surface area contributed by atoms with Crippen molar-refractivity contribution in [3.63, 3.8) is 0 Å². The van der Waals surface area contributed by atoms with Gasteiger partial charge in [-0.3, -0.25) is 4.79 Å². The Balaban J connectivity index is 1.77. The highest BCUT2D eigenvalue weighted by molar-refractivity contribution is 5.81. The van der Waals surface area contributed by atoms with Crippen LogP contribution in [0, 0.1) is 11.7 Å². The molecule has 1 fully saturated rings. The van der Waals surface area contributed by atoms with E-state index in [0.717, 1.165) is 6.54 Å². The fourth-order valence-corrected chi connectivity index (χ4v) is 2.77. The van der Waals surface area contributed by atoms with Crippen molar-refractivity contribution in [2.45, 2.75) is 32.1 Å². The van der Waals surface area contributed by atoms with Gasteiger partial charge < -0.3 is 10.2 Å². The summed E-state index contributed by atoms with van der Waals surface area (Å²) in [5.74, 6) is 0.280. The van der Waals surface area contributed by atoms with Gasteiger partial charge in [-0.25, -0.2) is 4.39 Å². The van der Waals surface area contributed by atoms with Gasteiger partial charge in [0.05, 0.1) is 12.2 Å². The van der Waals surface area contributed by atoms with Crippen molar-refractivity contribution in [1.29, 1.82) is 0 Å². The van der Waals surface area contributed by atoms with Gasteiger partial charge >= 0.3 is 0 Å². The molecule has 1 N–H and O–H groups in total. The van der Waals surface area contributed by atoms with Gasteiger partial charge in [-0.15, -0.1) is 0 Å². The predicted octanol–water partition coefficient (Wildman–Crippen LogP) is 2.96. The Labute approximate surface area is 120 Å². The lowest BCUT2D eigenvalue weighted by atomic mass is 9.89. The summed E-state index contributed by atoms with van der Waals surface area (Å²) in [4.78, 5) is 13.5. The van der Waals surface area contributed by atoms with Gasteiger partial charge in [-0.2, -0.15) is 0 Å². The molecule has 1 aromatic rings. The van der Waals surface area contributed by atoms with Crippen LogP contribution < -0.4 is 10.2 Å². The molecule has 0 unspecified atom stereocenters. The molecule has 0 aliphatic heterocycles. The van der Waals surface area contributed by atoms with Crippen LogP contribution in [-0.4, -0.2) is 26.0 Å². The summed E-state index contributed by atoms with van der Waals surface area (Å²) in [7, 11) is 1.73. The van der Waals surface area contributed by atoms with Gasteiger partial charge in [-0.1, -0.05) is 31.4 Å². The van der Waals surface area contributed by atoms with E-state index in [0.29, 0.717) is 11.6 Å². The quantitative estimate of drug-likeness (QED) is 0.898. The summed E-state index contributed by atoms with van der Waals surface area (Å²) in [5.41, 5.74) is 0.459. The average molecular weight is 278 g/mol. The van der Waals surface area contributed by atoms with E-state index in [1.807, 2.05) is 0 Å². The first-order valence-corrected chi connectivity index (χ1v) is 7.39. The molecule has 0 aromatic heterocycles. The Morgan fingerprint density at radius 3 is 2.70 bits per heavy atom. The van der Waals surface area contributed by atoms with Crippen LogP contribution in [0.1, 0.15) is 32.1 Å². The summed E-state index contributed by atoms with van der Waals surface area (Å²) in [6.45, 7) is 0.942. The van der Waals surface area contributed by atoms with Gasteiger partial charge in [0.1, 0.15) is 5.82 Å². The molecular formula is C16H23FN2O. The summed E-state index contributed by atoms with van der Waals surface area (Å²) >= 11 is 0. The standard InChI is InChI=1S/C16H23FN2O/c1-19(15-10-6-5-9-14(15)17)12-16(20)18-11-13-7-3-2-4-8-13/h5-6,9-10,13H,2-4,7-8,11-12H2,1H3,(H,18,20). The lowest BCUT2D eigenvalue weighted by Gasteiger charge is -2.23. The van der Waals surface area contributed by atoms with Crippen LogP contribution >= 0.6 is 0 Å². The second kappa shape index (κ2) is 7.27. The second-order valence-corrected chi connectivity index (χ2v) is 5.62. The van der Waals surface area contributed by atoms with Crippen molar-refractivity contribution in [3.8, 4) is 0 Å². The molecule has 0 heterocycles. The lowest BCUT2D eigenvalue weighted by Crippen LogP contribution is -2.38. The van der Waals surface area contributed by atoms with Crippen molar-refractivity contribution in [2.24, 2.45) is 5.92 Å². The molecule has 0 bridgehead atoms. The molecule has 1 saturated carbocycles. The fraction of sp³-hybridized carbons (Fsp3) is 0.562. The number of likely N-dealkylation sites (N-methyl/N-ethyl adjacent to an activating group) is 1. The zero-order chi connectivity index (χ0) is 14.4. The van der Waals surface area contributed by atoms with Crippen LogP contribution in [0.5, 0.6) is 0 Å². The Hall–Kier alpha value is -1.58. The first kappa shape index (κ1) is 14.8.